The minimum absolute atomic E-state index is 0.107. The molecule has 0 aliphatic carbocycles. The summed E-state index contributed by atoms with van der Waals surface area (Å²) in [7, 11) is 0. The topological polar surface area (TPSA) is 87.8 Å². The first kappa shape index (κ1) is 23.3. The van der Waals surface area contributed by atoms with Gasteiger partial charge in [0.25, 0.3) is 5.56 Å². The molecule has 0 aliphatic rings. The number of nitrogens with zero attached hydrogens (tertiary/aromatic N) is 3. The quantitative estimate of drug-likeness (QED) is 0.323. The molecule has 0 spiro atoms. The van der Waals surface area contributed by atoms with E-state index in [1.54, 1.807) is 42.5 Å². The molecule has 6 nitrogen and oxygen atoms in total. The molecule has 4 rings (SSSR count). The van der Waals surface area contributed by atoms with E-state index < -0.39 is 0 Å². The van der Waals surface area contributed by atoms with E-state index in [2.05, 4.69) is 42.4 Å². The normalized spacial score (nSPS) is 11.7. The molecule has 0 aliphatic heterocycles. The highest BCUT2D eigenvalue weighted by Gasteiger charge is 2.16. The van der Waals surface area contributed by atoms with Crippen LogP contribution >= 0.6 is 11.8 Å². The Balaban J connectivity index is 1.60. The highest BCUT2D eigenvalue weighted by Crippen LogP contribution is 2.22. The predicted molar refractivity (Wildman–Crippen MR) is 135 cm³/mol. The van der Waals surface area contributed by atoms with Crippen molar-refractivity contribution < 1.29 is 4.79 Å². The van der Waals surface area contributed by atoms with Crippen molar-refractivity contribution in [3.63, 3.8) is 0 Å². The van der Waals surface area contributed by atoms with Crippen LogP contribution in [0.3, 0.4) is 0 Å². The molecular weight excluding hydrogens is 444 g/mol. The Morgan fingerprint density at radius 2 is 1.82 bits per heavy atom. The van der Waals surface area contributed by atoms with Gasteiger partial charge in [-0.25, -0.2) is 4.98 Å². The number of nitrogens with one attached hydrogen (secondary N) is 1. The highest BCUT2D eigenvalue weighted by molar-refractivity contribution is 7.99. The number of para-hydroxylation sites is 1. The number of amides is 1. The molecule has 34 heavy (non-hydrogen) atoms. The Labute approximate surface area is 202 Å². The molecule has 4 aromatic rings. The van der Waals surface area contributed by atoms with E-state index in [1.807, 2.05) is 19.1 Å². The molecule has 0 radical (unpaired) electrons. The Bertz CT molecular complexity index is 1470. The maximum atomic E-state index is 13.3. The van der Waals surface area contributed by atoms with Gasteiger partial charge in [-0.1, -0.05) is 42.1 Å². The second-order valence-corrected chi connectivity index (χ2v) is 9.07. The summed E-state index contributed by atoms with van der Waals surface area (Å²) in [4.78, 5) is 30.7. The lowest BCUT2D eigenvalue weighted by molar-refractivity contribution is -0.119. The Kier molecular flexibility index (Phi) is 6.80. The van der Waals surface area contributed by atoms with E-state index in [-0.39, 0.29) is 23.3 Å². The van der Waals surface area contributed by atoms with Gasteiger partial charge in [-0.15, -0.1) is 0 Å². The van der Waals surface area contributed by atoms with Gasteiger partial charge in [-0.05, 0) is 73.9 Å². The van der Waals surface area contributed by atoms with Gasteiger partial charge in [0.2, 0.25) is 5.91 Å². The molecule has 170 valence electrons. The van der Waals surface area contributed by atoms with Gasteiger partial charge in [-0.3, -0.25) is 14.2 Å². The van der Waals surface area contributed by atoms with E-state index in [9.17, 15) is 9.59 Å². The molecule has 0 saturated heterocycles. The zero-order valence-electron chi connectivity index (χ0n) is 19.2. The summed E-state index contributed by atoms with van der Waals surface area (Å²) < 4.78 is 1.49. The second kappa shape index (κ2) is 9.94. The van der Waals surface area contributed by atoms with Gasteiger partial charge in [0.15, 0.2) is 5.16 Å². The molecule has 0 saturated carbocycles. The number of thioether (sulfide) groups is 1. The standard InChI is InChI=1S/C27H24N4O2S/c1-17-8-11-21(14-18(17)2)19(3)29-25(32)16-34-27-30-24-7-5-4-6-23(24)26(33)31(27)22-12-9-20(15-28)10-13-22/h4-14,19H,16H2,1-3H3,(H,29,32). The fraction of sp³-hybridized carbons (Fsp3) is 0.185. The first-order valence-electron chi connectivity index (χ1n) is 10.9. The van der Waals surface area contributed by atoms with Crippen LogP contribution in [0.25, 0.3) is 16.6 Å². The van der Waals surface area contributed by atoms with Crippen LogP contribution in [0.1, 0.15) is 35.2 Å². The summed E-state index contributed by atoms with van der Waals surface area (Å²) in [5, 5.41) is 13.0. The lowest BCUT2D eigenvalue weighted by Crippen LogP contribution is -2.29. The van der Waals surface area contributed by atoms with E-state index in [1.165, 1.54) is 27.5 Å². The van der Waals surface area contributed by atoms with Crippen molar-refractivity contribution in [2.75, 3.05) is 5.75 Å². The lowest BCUT2D eigenvalue weighted by Gasteiger charge is -2.16. The van der Waals surface area contributed by atoms with Crippen molar-refractivity contribution in [1.29, 1.82) is 5.26 Å². The summed E-state index contributed by atoms with van der Waals surface area (Å²) in [6.07, 6.45) is 0. The third-order valence-corrected chi connectivity index (χ3v) is 6.68. The fourth-order valence-electron chi connectivity index (χ4n) is 3.65. The van der Waals surface area contributed by atoms with Crippen LogP contribution in [0.2, 0.25) is 0 Å². The number of hydrogen-bond acceptors (Lipinski definition) is 5. The zero-order valence-corrected chi connectivity index (χ0v) is 20.0. The van der Waals surface area contributed by atoms with Gasteiger partial charge < -0.3 is 5.32 Å². The number of hydrogen-bond donors (Lipinski definition) is 1. The van der Waals surface area contributed by atoms with Gasteiger partial charge in [-0.2, -0.15) is 5.26 Å². The van der Waals surface area contributed by atoms with Crippen LogP contribution in [-0.4, -0.2) is 21.2 Å². The zero-order chi connectivity index (χ0) is 24.2. The van der Waals surface area contributed by atoms with E-state index in [4.69, 9.17) is 5.26 Å². The molecule has 0 fully saturated rings. The van der Waals surface area contributed by atoms with Crippen molar-refractivity contribution in [3.8, 4) is 11.8 Å². The van der Waals surface area contributed by atoms with Gasteiger partial charge in [0.05, 0.1) is 40.0 Å². The minimum atomic E-state index is -0.221. The molecule has 1 N–H and O–H groups in total. The SMILES string of the molecule is Cc1ccc(C(C)NC(=O)CSc2nc3ccccc3c(=O)n2-c2ccc(C#N)cc2)cc1C. The summed E-state index contributed by atoms with van der Waals surface area (Å²) in [5.41, 5.74) is 4.87. The van der Waals surface area contributed by atoms with E-state index in [0.717, 1.165) is 5.56 Å². The summed E-state index contributed by atoms with van der Waals surface area (Å²) >= 11 is 1.21. The third kappa shape index (κ3) is 4.87. The number of nitriles is 1. The molecule has 1 atom stereocenters. The molecular formula is C27H24N4O2S. The molecule has 1 amide bonds. The predicted octanol–water partition coefficient (Wildman–Crippen LogP) is 4.84. The molecule has 3 aromatic carbocycles. The average Bonchev–Trinajstić information content (AvgIpc) is 2.84. The molecule has 1 heterocycles. The van der Waals surface area contributed by atoms with Crippen LogP contribution in [-0.2, 0) is 4.79 Å². The molecule has 1 aromatic heterocycles. The van der Waals surface area contributed by atoms with Crippen LogP contribution in [0.15, 0.2) is 76.7 Å². The van der Waals surface area contributed by atoms with E-state index in [0.29, 0.717) is 27.3 Å². The van der Waals surface area contributed by atoms with Gasteiger partial charge >= 0.3 is 0 Å². The Hall–Kier alpha value is -3.89. The van der Waals surface area contributed by atoms with Crippen molar-refractivity contribution in [2.24, 2.45) is 0 Å². The van der Waals surface area contributed by atoms with Crippen LogP contribution < -0.4 is 10.9 Å². The van der Waals surface area contributed by atoms with Crippen LogP contribution in [0, 0.1) is 25.2 Å². The van der Waals surface area contributed by atoms with Crippen molar-refractivity contribution in [1.82, 2.24) is 14.9 Å². The fourth-order valence-corrected chi connectivity index (χ4v) is 4.48. The van der Waals surface area contributed by atoms with Crippen LogP contribution in [0.4, 0.5) is 0 Å². The summed E-state index contributed by atoms with van der Waals surface area (Å²) in [5.74, 6) is -0.0412. The number of aryl methyl sites for hydroxylation is 2. The average molecular weight is 469 g/mol. The summed E-state index contributed by atoms with van der Waals surface area (Å²) in [6.45, 7) is 6.06. The summed E-state index contributed by atoms with van der Waals surface area (Å²) in [6, 6.07) is 22.0. The third-order valence-electron chi connectivity index (χ3n) is 5.74. The van der Waals surface area contributed by atoms with Gasteiger partial charge in [0.1, 0.15) is 0 Å². The van der Waals surface area contributed by atoms with E-state index >= 15 is 0 Å². The Morgan fingerprint density at radius 1 is 1.09 bits per heavy atom. The lowest BCUT2D eigenvalue weighted by atomic mass is 10.0. The molecule has 0 bridgehead atoms. The number of fused-ring (bicyclic) bond motifs is 1. The number of carbonyl (C=O) groups is 1. The molecule has 1 unspecified atom stereocenters. The number of carbonyl (C=O) groups excluding carboxylic acids is 1. The Morgan fingerprint density at radius 3 is 2.53 bits per heavy atom. The largest absolute Gasteiger partial charge is 0.349 e. The van der Waals surface area contributed by atoms with Crippen molar-refractivity contribution in [2.45, 2.75) is 32.0 Å². The highest BCUT2D eigenvalue weighted by atomic mass is 32.2. The maximum absolute atomic E-state index is 13.3. The van der Waals surface area contributed by atoms with Gasteiger partial charge in [0, 0.05) is 0 Å². The number of rotatable bonds is 6. The van der Waals surface area contributed by atoms with Crippen LogP contribution in [0.5, 0.6) is 0 Å². The van der Waals surface area contributed by atoms with Crippen molar-refractivity contribution in [3.05, 3.63) is 99.3 Å². The first-order chi connectivity index (χ1) is 16.4. The number of aromatic nitrogens is 2. The molecule has 7 heteroatoms. The van der Waals surface area contributed by atoms with Crippen molar-refractivity contribution >= 4 is 28.6 Å². The number of benzene rings is 3. The first-order valence-corrected chi connectivity index (χ1v) is 11.9. The maximum Gasteiger partial charge on any atom is 0.266 e. The minimum Gasteiger partial charge on any atom is -0.349 e. The smallest absolute Gasteiger partial charge is 0.266 e. The second-order valence-electron chi connectivity index (χ2n) is 8.13. The monoisotopic (exact) mass is 468 g/mol.